The maximum Gasteiger partial charge on any atom is 0.293 e. The molecule has 0 unspecified atom stereocenters. The number of anilines is 1. The molecule has 0 aromatic carbocycles. The summed E-state index contributed by atoms with van der Waals surface area (Å²) >= 11 is 5.49. The molecule has 2 N–H and O–H groups in total. The van der Waals surface area contributed by atoms with Crippen LogP contribution in [0, 0.1) is 6.57 Å². The third-order valence-electron chi connectivity index (χ3n) is 0.977. The lowest BCUT2D eigenvalue weighted by Crippen LogP contribution is -1.86. The first kappa shape index (κ1) is 6.84. The lowest BCUT2D eigenvalue weighted by molar-refractivity contribution is 1.36. The lowest BCUT2D eigenvalue weighted by Gasteiger charge is -1.92. The average Bonchev–Trinajstić information content (AvgIpc) is 1.94. The van der Waals surface area contributed by atoms with Gasteiger partial charge in [-0.15, -0.1) is 4.98 Å². The number of pyridine rings is 1. The van der Waals surface area contributed by atoms with Crippen molar-refractivity contribution in [1.82, 2.24) is 4.98 Å². The van der Waals surface area contributed by atoms with Crippen LogP contribution in [0.5, 0.6) is 0 Å². The summed E-state index contributed by atoms with van der Waals surface area (Å²) in [6, 6.07) is 3.11. The molecule has 4 heteroatoms. The van der Waals surface area contributed by atoms with E-state index in [0.29, 0.717) is 10.8 Å². The predicted octanol–water partition coefficient (Wildman–Crippen LogP) is 1.87. The molecule has 0 radical (unpaired) electrons. The summed E-state index contributed by atoms with van der Waals surface area (Å²) in [5.41, 5.74) is 5.73. The van der Waals surface area contributed by atoms with Gasteiger partial charge < -0.3 is 10.6 Å². The van der Waals surface area contributed by atoms with Crippen molar-refractivity contribution in [2.45, 2.75) is 0 Å². The Morgan fingerprint density at radius 3 is 2.80 bits per heavy atom. The zero-order chi connectivity index (χ0) is 7.56. The molecule has 10 heavy (non-hydrogen) atoms. The van der Waals surface area contributed by atoms with Crippen LogP contribution in [-0.2, 0) is 0 Å². The molecule has 0 atom stereocenters. The maximum absolute atomic E-state index is 6.61. The van der Waals surface area contributed by atoms with Crippen molar-refractivity contribution in [1.29, 1.82) is 0 Å². The molecule has 0 aliphatic rings. The number of rotatable bonds is 0. The number of nitrogen functional groups attached to an aromatic ring is 1. The molecule has 0 saturated carbocycles. The third-order valence-corrected chi connectivity index (χ3v) is 1.19. The number of nitrogens with zero attached hydrogens (tertiary/aromatic N) is 2. The predicted molar refractivity (Wildman–Crippen MR) is 39.9 cm³/mol. The highest BCUT2D eigenvalue weighted by Gasteiger charge is 2.00. The highest BCUT2D eigenvalue weighted by Crippen LogP contribution is 2.20. The number of hydrogen-bond donors (Lipinski definition) is 1. The van der Waals surface area contributed by atoms with E-state index < -0.39 is 0 Å². The van der Waals surface area contributed by atoms with Gasteiger partial charge in [-0.3, -0.25) is 0 Å². The maximum atomic E-state index is 6.61. The third kappa shape index (κ3) is 1.17. The summed E-state index contributed by atoms with van der Waals surface area (Å²) in [7, 11) is 0. The molecule has 0 saturated heterocycles. The summed E-state index contributed by atoms with van der Waals surface area (Å²) in [4.78, 5) is 6.74. The van der Waals surface area contributed by atoms with Gasteiger partial charge in [0.15, 0.2) is 0 Å². The Labute approximate surface area is 63.3 Å². The Bertz CT molecular complexity index is 290. The van der Waals surface area contributed by atoms with E-state index in [1.165, 1.54) is 0 Å². The lowest BCUT2D eigenvalue weighted by atomic mass is 10.4. The highest BCUT2D eigenvalue weighted by atomic mass is 35.5. The topological polar surface area (TPSA) is 43.3 Å². The van der Waals surface area contributed by atoms with Crippen LogP contribution in [-0.4, -0.2) is 4.98 Å². The van der Waals surface area contributed by atoms with Gasteiger partial charge in [-0.25, -0.2) is 0 Å². The summed E-state index contributed by atoms with van der Waals surface area (Å²) in [6.45, 7) is 6.61. The van der Waals surface area contributed by atoms with Crippen molar-refractivity contribution in [3.05, 3.63) is 28.7 Å². The molecule has 0 fully saturated rings. The minimum Gasteiger partial charge on any atom is -0.406 e. The van der Waals surface area contributed by atoms with Gasteiger partial charge in [0.2, 0.25) is 5.15 Å². The van der Waals surface area contributed by atoms with Crippen LogP contribution in [0.25, 0.3) is 4.85 Å². The Hall–Kier alpha value is -1.27. The molecule has 1 aromatic rings. The SMILES string of the molecule is [C-]#[N+]c1nc(Cl)ccc1N. The van der Waals surface area contributed by atoms with Gasteiger partial charge in [0, 0.05) is 6.07 Å². The van der Waals surface area contributed by atoms with Gasteiger partial charge in [0.05, 0.1) is 5.69 Å². The molecule has 3 nitrogen and oxygen atoms in total. The summed E-state index contributed by atoms with van der Waals surface area (Å²) < 4.78 is 0. The fourth-order valence-electron chi connectivity index (χ4n) is 0.526. The van der Waals surface area contributed by atoms with Crippen LogP contribution >= 0.6 is 11.6 Å². The second-order valence-electron chi connectivity index (χ2n) is 1.66. The Kier molecular flexibility index (Phi) is 1.74. The van der Waals surface area contributed by atoms with Crippen molar-refractivity contribution in [2.24, 2.45) is 0 Å². The van der Waals surface area contributed by atoms with Crippen LogP contribution in [0.3, 0.4) is 0 Å². The van der Waals surface area contributed by atoms with Crippen molar-refractivity contribution >= 4 is 23.1 Å². The second kappa shape index (κ2) is 2.54. The molecule has 0 aliphatic heterocycles. The fraction of sp³-hybridized carbons (Fsp3) is 0. The number of halogens is 1. The van der Waals surface area contributed by atoms with Crippen LogP contribution in [0.2, 0.25) is 5.15 Å². The molecule has 1 aromatic heterocycles. The first-order valence-electron chi connectivity index (χ1n) is 2.53. The molecule has 1 rings (SSSR count). The van der Waals surface area contributed by atoms with Crippen molar-refractivity contribution in [2.75, 3.05) is 5.73 Å². The zero-order valence-corrected chi connectivity index (χ0v) is 5.76. The summed E-state index contributed by atoms with van der Waals surface area (Å²) in [5.74, 6) is 0.160. The normalized spacial score (nSPS) is 8.80. The van der Waals surface area contributed by atoms with Gasteiger partial charge in [0.25, 0.3) is 5.82 Å². The van der Waals surface area contributed by atoms with Gasteiger partial charge in [-0.2, -0.15) is 0 Å². The van der Waals surface area contributed by atoms with Crippen LogP contribution in [0.1, 0.15) is 0 Å². The van der Waals surface area contributed by atoms with Crippen molar-refractivity contribution in [3.63, 3.8) is 0 Å². The number of hydrogen-bond acceptors (Lipinski definition) is 2. The van der Waals surface area contributed by atoms with Gasteiger partial charge in [0.1, 0.15) is 0 Å². The van der Waals surface area contributed by atoms with E-state index in [-0.39, 0.29) is 5.82 Å². The van der Waals surface area contributed by atoms with E-state index in [0.717, 1.165) is 0 Å². The number of aromatic nitrogens is 1. The van der Waals surface area contributed by atoms with E-state index in [1.807, 2.05) is 0 Å². The Morgan fingerprint density at radius 2 is 2.30 bits per heavy atom. The smallest absolute Gasteiger partial charge is 0.293 e. The van der Waals surface area contributed by atoms with E-state index >= 15 is 0 Å². The van der Waals surface area contributed by atoms with Crippen LogP contribution in [0.4, 0.5) is 11.5 Å². The molecule has 0 amide bonds. The standard InChI is InChI=1S/C6H4ClN3/c1-9-6-4(8)2-3-5(7)10-6/h2-3H,8H2. The molecule has 0 spiro atoms. The second-order valence-corrected chi connectivity index (χ2v) is 2.05. The average molecular weight is 154 g/mol. The van der Waals surface area contributed by atoms with E-state index in [1.54, 1.807) is 12.1 Å². The largest absolute Gasteiger partial charge is 0.406 e. The molecule has 50 valence electrons. The molecule has 1 heterocycles. The monoisotopic (exact) mass is 153 g/mol. The molecular weight excluding hydrogens is 150 g/mol. The van der Waals surface area contributed by atoms with Crippen molar-refractivity contribution < 1.29 is 0 Å². The van der Waals surface area contributed by atoms with Gasteiger partial charge in [-0.05, 0) is 17.7 Å². The van der Waals surface area contributed by atoms with Crippen LogP contribution < -0.4 is 5.73 Å². The number of nitrogens with two attached hydrogens (primary N) is 1. The fourth-order valence-corrected chi connectivity index (χ4v) is 0.669. The molecular formula is C6H4ClN3. The van der Waals surface area contributed by atoms with Gasteiger partial charge >= 0.3 is 0 Å². The first-order chi connectivity index (χ1) is 4.74. The van der Waals surface area contributed by atoms with Crippen molar-refractivity contribution in [3.8, 4) is 0 Å². The van der Waals surface area contributed by atoms with Crippen LogP contribution in [0.15, 0.2) is 12.1 Å². The first-order valence-corrected chi connectivity index (χ1v) is 2.91. The van der Waals surface area contributed by atoms with E-state index in [4.69, 9.17) is 23.9 Å². The Morgan fingerprint density at radius 1 is 1.60 bits per heavy atom. The summed E-state index contributed by atoms with van der Waals surface area (Å²) in [6.07, 6.45) is 0. The zero-order valence-electron chi connectivity index (χ0n) is 5.00. The van der Waals surface area contributed by atoms with Gasteiger partial charge in [-0.1, -0.05) is 6.57 Å². The molecule has 0 aliphatic carbocycles. The highest BCUT2D eigenvalue weighted by molar-refractivity contribution is 6.29. The van der Waals surface area contributed by atoms with E-state index in [9.17, 15) is 0 Å². The quantitative estimate of drug-likeness (QED) is 0.457. The van der Waals surface area contributed by atoms with E-state index in [2.05, 4.69) is 9.83 Å². The minimum absolute atomic E-state index is 0.160. The summed E-state index contributed by atoms with van der Waals surface area (Å²) in [5, 5.41) is 0.292. The minimum atomic E-state index is 0.160. The Balaban J connectivity index is 3.25. The molecule has 0 bridgehead atoms.